The van der Waals surface area contributed by atoms with Gasteiger partial charge in [-0.2, -0.15) is 0 Å². The van der Waals surface area contributed by atoms with Crippen molar-refractivity contribution in [1.29, 1.82) is 0 Å². The highest BCUT2D eigenvalue weighted by Crippen LogP contribution is 2.26. The van der Waals surface area contributed by atoms with Gasteiger partial charge in [-0.3, -0.25) is 4.79 Å². The van der Waals surface area contributed by atoms with E-state index in [2.05, 4.69) is 57.0 Å². The Morgan fingerprint density at radius 3 is 2.76 bits per heavy atom. The fourth-order valence-corrected chi connectivity index (χ4v) is 3.31. The van der Waals surface area contributed by atoms with E-state index in [1.165, 1.54) is 11.1 Å². The Balaban J connectivity index is 1.78. The van der Waals surface area contributed by atoms with Crippen molar-refractivity contribution in [2.45, 2.75) is 20.3 Å². The van der Waals surface area contributed by atoms with Crippen molar-refractivity contribution in [2.24, 2.45) is 0 Å². The second-order valence-corrected chi connectivity index (χ2v) is 7.37. The van der Waals surface area contributed by atoms with Crippen LogP contribution in [0.3, 0.4) is 0 Å². The molecule has 0 saturated heterocycles. The van der Waals surface area contributed by atoms with Crippen LogP contribution < -0.4 is 5.56 Å². The summed E-state index contributed by atoms with van der Waals surface area (Å²) in [5.74, 6) is 0.573. The van der Waals surface area contributed by atoms with E-state index in [4.69, 9.17) is 11.6 Å². The van der Waals surface area contributed by atoms with E-state index in [1.807, 2.05) is 10.6 Å². The molecule has 0 fully saturated rings. The smallest absolute Gasteiger partial charge is 0.258 e. The minimum atomic E-state index is -0.204. The van der Waals surface area contributed by atoms with Crippen LogP contribution in [0.25, 0.3) is 16.6 Å². The largest absolute Gasteiger partial charge is 0.310 e. The summed E-state index contributed by atoms with van der Waals surface area (Å²) in [6, 6.07) is 5.42. The van der Waals surface area contributed by atoms with Crippen LogP contribution >= 0.6 is 27.5 Å². The van der Waals surface area contributed by atoms with Crippen LogP contribution in [0.15, 0.2) is 39.9 Å². The fraction of sp³-hybridized carbons (Fsp3) is 0.167. The number of pyridine rings is 1. The number of rotatable bonds is 2. The number of aryl methyl sites for hydroxylation is 2. The van der Waals surface area contributed by atoms with E-state index >= 15 is 0 Å². The minimum Gasteiger partial charge on any atom is -0.310 e. The van der Waals surface area contributed by atoms with Gasteiger partial charge in [-0.25, -0.2) is 9.97 Å². The minimum absolute atomic E-state index is 0.204. The lowest BCUT2D eigenvalue weighted by molar-refractivity contribution is 0.950. The lowest BCUT2D eigenvalue weighted by Gasteiger charge is -2.03. The van der Waals surface area contributed by atoms with Gasteiger partial charge >= 0.3 is 0 Å². The third-order valence-electron chi connectivity index (χ3n) is 4.26. The topological polar surface area (TPSA) is 63.0 Å². The zero-order valence-electron chi connectivity index (χ0n) is 13.6. The van der Waals surface area contributed by atoms with E-state index < -0.39 is 0 Å². The van der Waals surface area contributed by atoms with E-state index in [1.54, 1.807) is 12.1 Å². The predicted octanol–water partition coefficient (Wildman–Crippen LogP) is 4.19. The highest BCUT2D eigenvalue weighted by molar-refractivity contribution is 9.10. The number of H-pyrrole nitrogens is 1. The Hall–Kier alpha value is -2.18. The SMILES string of the molecule is Cc1cc2nc(Cc3nc4cc(Br)c(Cl)cc4c(=O)[nH]3)cn2cc1C. The fourth-order valence-electron chi connectivity index (χ4n) is 2.81. The average molecular weight is 418 g/mol. The Kier molecular flexibility index (Phi) is 3.89. The average Bonchev–Trinajstić information content (AvgIpc) is 2.91. The van der Waals surface area contributed by atoms with Crippen molar-refractivity contribution in [3.8, 4) is 0 Å². The maximum absolute atomic E-state index is 12.3. The Morgan fingerprint density at radius 2 is 1.96 bits per heavy atom. The normalized spacial score (nSPS) is 11.5. The molecule has 0 atom stereocenters. The van der Waals surface area contributed by atoms with Gasteiger partial charge < -0.3 is 9.38 Å². The van der Waals surface area contributed by atoms with Gasteiger partial charge in [-0.15, -0.1) is 0 Å². The second-order valence-electron chi connectivity index (χ2n) is 6.11. The third kappa shape index (κ3) is 2.96. The van der Waals surface area contributed by atoms with Crippen LogP contribution in [0.2, 0.25) is 5.02 Å². The van der Waals surface area contributed by atoms with Gasteiger partial charge in [0.15, 0.2) is 0 Å². The molecule has 0 aliphatic carbocycles. The van der Waals surface area contributed by atoms with Crippen LogP contribution in [-0.4, -0.2) is 19.4 Å². The Bertz CT molecular complexity index is 1160. The standard InChI is InChI=1S/C18H14BrClN4O/c1-9-3-17-21-11(8-24(17)7-10(9)2)4-16-22-15-6-13(19)14(20)5-12(15)18(25)23-16/h3,5-8H,4H2,1-2H3,(H,22,23,25). The first-order valence-corrected chi connectivity index (χ1v) is 8.90. The molecule has 0 amide bonds. The van der Waals surface area contributed by atoms with Crippen LogP contribution in [0.1, 0.15) is 22.6 Å². The van der Waals surface area contributed by atoms with Crippen molar-refractivity contribution in [3.63, 3.8) is 0 Å². The number of aromatic nitrogens is 4. The van der Waals surface area contributed by atoms with Gasteiger partial charge in [-0.05, 0) is 59.1 Å². The molecule has 4 rings (SSSR count). The number of nitrogens with one attached hydrogen (secondary N) is 1. The van der Waals surface area contributed by atoms with Crippen LogP contribution in [0.5, 0.6) is 0 Å². The number of imidazole rings is 1. The Labute approximate surface area is 156 Å². The molecular weight excluding hydrogens is 404 g/mol. The molecule has 126 valence electrons. The van der Waals surface area contributed by atoms with Crippen molar-refractivity contribution in [2.75, 3.05) is 0 Å². The molecule has 0 spiro atoms. The van der Waals surface area contributed by atoms with Crippen LogP contribution in [0.4, 0.5) is 0 Å². The van der Waals surface area contributed by atoms with Gasteiger partial charge in [0.25, 0.3) is 5.56 Å². The zero-order valence-corrected chi connectivity index (χ0v) is 15.9. The summed E-state index contributed by atoms with van der Waals surface area (Å²) < 4.78 is 2.71. The second kappa shape index (κ2) is 5.97. The molecule has 0 aliphatic heterocycles. The van der Waals surface area contributed by atoms with Crippen molar-refractivity contribution in [3.05, 3.63) is 73.1 Å². The molecule has 1 aromatic carbocycles. The van der Waals surface area contributed by atoms with E-state index in [-0.39, 0.29) is 5.56 Å². The zero-order chi connectivity index (χ0) is 17.7. The molecule has 0 unspecified atom stereocenters. The maximum Gasteiger partial charge on any atom is 0.258 e. The van der Waals surface area contributed by atoms with Crippen molar-refractivity contribution in [1.82, 2.24) is 19.4 Å². The summed E-state index contributed by atoms with van der Waals surface area (Å²) in [7, 11) is 0. The van der Waals surface area contributed by atoms with Gasteiger partial charge in [-0.1, -0.05) is 11.6 Å². The number of aromatic amines is 1. The molecule has 0 saturated carbocycles. The monoisotopic (exact) mass is 416 g/mol. The van der Waals surface area contributed by atoms with Crippen molar-refractivity contribution >= 4 is 44.1 Å². The number of hydrogen-bond acceptors (Lipinski definition) is 3. The van der Waals surface area contributed by atoms with E-state index in [0.717, 1.165) is 11.3 Å². The van der Waals surface area contributed by atoms with E-state index in [9.17, 15) is 4.79 Å². The lowest BCUT2D eigenvalue weighted by atomic mass is 10.2. The number of nitrogens with zero attached hydrogens (tertiary/aromatic N) is 3. The first-order valence-electron chi connectivity index (χ1n) is 7.73. The molecule has 5 nitrogen and oxygen atoms in total. The highest BCUT2D eigenvalue weighted by Gasteiger charge is 2.10. The molecule has 0 radical (unpaired) electrons. The molecule has 25 heavy (non-hydrogen) atoms. The van der Waals surface area contributed by atoms with E-state index in [0.29, 0.717) is 32.6 Å². The number of fused-ring (bicyclic) bond motifs is 2. The summed E-state index contributed by atoms with van der Waals surface area (Å²) in [6.45, 7) is 4.13. The molecule has 0 bridgehead atoms. The lowest BCUT2D eigenvalue weighted by Crippen LogP contribution is -2.12. The summed E-state index contributed by atoms with van der Waals surface area (Å²) in [5, 5.41) is 0.955. The number of benzene rings is 1. The first-order chi connectivity index (χ1) is 11.9. The van der Waals surface area contributed by atoms with Crippen molar-refractivity contribution < 1.29 is 0 Å². The molecule has 3 aromatic heterocycles. The van der Waals surface area contributed by atoms with Gasteiger partial charge in [0.2, 0.25) is 0 Å². The quantitative estimate of drug-likeness (QED) is 0.532. The molecule has 4 aromatic rings. The summed E-state index contributed by atoms with van der Waals surface area (Å²) in [4.78, 5) is 24.3. The maximum atomic E-state index is 12.3. The van der Waals surface area contributed by atoms with Crippen LogP contribution in [0, 0.1) is 13.8 Å². The Morgan fingerprint density at radius 1 is 1.16 bits per heavy atom. The summed E-state index contributed by atoms with van der Waals surface area (Å²) in [6.07, 6.45) is 4.46. The highest BCUT2D eigenvalue weighted by atomic mass is 79.9. The molecule has 3 heterocycles. The number of hydrogen-bond donors (Lipinski definition) is 1. The van der Waals surface area contributed by atoms with Crippen LogP contribution in [-0.2, 0) is 6.42 Å². The molecular formula is C18H14BrClN4O. The summed E-state index contributed by atoms with van der Waals surface area (Å²) in [5.41, 5.74) is 4.53. The molecule has 1 N–H and O–H groups in total. The van der Waals surface area contributed by atoms with Gasteiger partial charge in [0, 0.05) is 23.3 Å². The number of halogens is 2. The summed E-state index contributed by atoms with van der Waals surface area (Å²) >= 11 is 9.43. The molecule has 7 heteroatoms. The first kappa shape index (κ1) is 16.3. The predicted molar refractivity (Wildman–Crippen MR) is 103 cm³/mol. The third-order valence-corrected chi connectivity index (χ3v) is 5.45. The van der Waals surface area contributed by atoms with Gasteiger partial charge in [0.05, 0.1) is 21.6 Å². The molecule has 0 aliphatic rings. The van der Waals surface area contributed by atoms with Gasteiger partial charge in [0.1, 0.15) is 11.5 Å².